The molecular formula is C18H18BrN3O4. The predicted molar refractivity (Wildman–Crippen MR) is 100 cm³/mol. The lowest BCUT2D eigenvalue weighted by atomic mass is 10.1. The van der Waals surface area contributed by atoms with Crippen molar-refractivity contribution in [2.24, 2.45) is 0 Å². The van der Waals surface area contributed by atoms with Gasteiger partial charge in [0, 0.05) is 28.5 Å². The van der Waals surface area contributed by atoms with Gasteiger partial charge >= 0.3 is 0 Å². The van der Waals surface area contributed by atoms with E-state index in [-0.39, 0.29) is 24.6 Å². The molecule has 0 fully saturated rings. The zero-order valence-electron chi connectivity index (χ0n) is 14.6. The number of hydrogen-bond donors (Lipinski definition) is 1. The van der Waals surface area contributed by atoms with E-state index in [1.165, 1.54) is 11.7 Å². The number of carbonyl (C=O) groups is 1. The minimum absolute atomic E-state index is 0.0402. The Morgan fingerprint density at radius 1 is 1.31 bits per heavy atom. The number of benzene rings is 1. The van der Waals surface area contributed by atoms with Crippen molar-refractivity contribution in [3.63, 3.8) is 0 Å². The molecule has 0 saturated heterocycles. The van der Waals surface area contributed by atoms with Gasteiger partial charge in [0.15, 0.2) is 0 Å². The van der Waals surface area contributed by atoms with Gasteiger partial charge in [-0.2, -0.15) is 5.26 Å². The number of amides is 1. The summed E-state index contributed by atoms with van der Waals surface area (Å²) >= 11 is 3.39. The van der Waals surface area contributed by atoms with Crippen molar-refractivity contribution >= 4 is 27.5 Å². The third-order valence-electron chi connectivity index (χ3n) is 3.82. The Labute approximate surface area is 159 Å². The third-order valence-corrected chi connectivity index (χ3v) is 4.88. The first-order chi connectivity index (χ1) is 12.4. The van der Waals surface area contributed by atoms with Crippen molar-refractivity contribution in [1.82, 2.24) is 4.57 Å². The van der Waals surface area contributed by atoms with Gasteiger partial charge in [-0.15, -0.1) is 0 Å². The highest BCUT2D eigenvalue weighted by Crippen LogP contribution is 2.23. The molecule has 0 radical (unpaired) electrons. The molecule has 8 heteroatoms. The number of aromatic nitrogens is 1. The van der Waals surface area contributed by atoms with Gasteiger partial charge in [0.2, 0.25) is 5.91 Å². The molecule has 1 aromatic carbocycles. The Hall–Kier alpha value is -2.63. The van der Waals surface area contributed by atoms with Gasteiger partial charge in [0.05, 0.1) is 13.7 Å². The first kappa shape index (κ1) is 19.7. The average molecular weight is 420 g/mol. The number of anilines is 1. The lowest BCUT2D eigenvalue weighted by Crippen LogP contribution is -2.32. The van der Waals surface area contributed by atoms with Crippen molar-refractivity contribution < 1.29 is 14.3 Å². The van der Waals surface area contributed by atoms with Crippen LogP contribution >= 0.6 is 15.9 Å². The van der Waals surface area contributed by atoms with Crippen LogP contribution in [0, 0.1) is 18.3 Å². The second-order valence-corrected chi connectivity index (χ2v) is 6.26. The standard InChI is InChI=1S/C18H18BrN3O4/c1-11-17(19)15(10-25-2)14(8-20)18(24)22(11)9-16(23)21-12-4-6-13(26-3)7-5-12/h4-7H,9-10H2,1-3H3,(H,21,23). The van der Waals surface area contributed by atoms with Crippen LogP contribution in [0.15, 0.2) is 33.5 Å². The Balaban J connectivity index is 2.31. The predicted octanol–water partition coefficient (Wildman–Crippen LogP) is 2.58. The summed E-state index contributed by atoms with van der Waals surface area (Å²) in [6.07, 6.45) is 0. The molecule has 0 aliphatic carbocycles. The van der Waals surface area contributed by atoms with Crippen LogP contribution in [0.4, 0.5) is 5.69 Å². The van der Waals surface area contributed by atoms with E-state index in [2.05, 4.69) is 21.2 Å². The van der Waals surface area contributed by atoms with E-state index in [4.69, 9.17) is 9.47 Å². The molecule has 1 heterocycles. The molecular weight excluding hydrogens is 402 g/mol. The number of rotatable bonds is 6. The van der Waals surface area contributed by atoms with Crippen molar-refractivity contribution in [2.45, 2.75) is 20.1 Å². The molecule has 1 amide bonds. The number of halogens is 1. The van der Waals surface area contributed by atoms with Gasteiger partial charge in [-0.25, -0.2) is 0 Å². The van der Waals surface area contributed by atoms with Crippen LogP contribution in [0.1, 0.15) is 16.8 Å². The molecule has 0 saturated carbocycles. The monoisotopic (exact) mass is 419 g/mol. The van der Waals surface area contributed by atoms with E-state index in [1.54, 1.807) is 38.3 Å². The summed E-state index contributed by atoms with van der Waals surface area (Å²) < 4.78 is 12.0. The van der Waals surface area contributed by atoms with Gasteiger partial charge in [-0.3, -0.25) is 9.59 Å². The second-order valence-electron chi connectivity index (χ2n) is 5.47. The summed E-state index contributed by atoms with van der Waals surface area (Å²) in [5.41, 5.74) is 1.04. The van der Waals surface area contributed by atoms with Crippen molar-refractivity contribution in [1.29, 1.82) is 5.26 Å². The fourth-order valence-electron chi connectivity index (χ4n) is 2.47. The molecule has 0 aliphatic heterocycles. The van der Waals surface area contributed by atoms with Crippen molar-refractivity contribution in [3.8, 4) is 11.8 Å². The van der Waals surface area contributed by atoms with Crippen LogP contribution < -0.4 is 15.6 Å². The molecule has 0 spiro atoms. The third kappa shape index (κ3) is 4.12. The summed E-state index contributed by atoms with van der Waals surface area (Å²) in [6, 6.07) is 8.74. The minimum atomic E-state index is -0.523. The Kier molecular flexibility index (Phi) is 6.55. The smallest absolute Gasteiger partial charge is 0.269 e. The van der Waals surface area contributed by atoms with Crippen LogP contribution in [0.25, 0.3) is 0 Å². The van der Waals surface area contributed by atoms with E-state index < -0.39 is 5.56 Å². The van der Waals surface area contributed by atoms with Crippen LogP contribution in [0.5, 0.6) is 5.75 Å². The molecule has 0 aliphatic rings. The van der Waals surface area contributed by atoms with E-state index >= 15 is 0 Å². The van der Waals surface area contributed by atoms with Gasteiger partial charge in [0.25, 0.3) is 5.56 Å². The summed E-state index contributed by atoms with van der Waals surface area (Å²) in [5.74, 6) is 0.294. The number of pyridine rings is 1. The SMILES string of the molecule is COCc1c(Br)c(C)n(CC(=O)Nc2ccc(OC)cc2)c(=O)c1C#N. The lowest BCUT2D eigenvalue weighted by Gasteiger charge is -2.16. The quantitative estimate of drug-likeness (QED) is 0.776. The maximum Gasteiger partial charge on any atom is 0.269 e. The molecule has 7 nitrogen and oxygen atoms in total. The highest BCUT2D eigenvalue weighted by Gasteiger charge is 2.19. The van der Waals surface area contributed by atoms with Crippen LogP contribution in [0.2, 0.25) is 0 Å². The molecule has 0 bridgehead atoms. The van der Waals surface area contributed by atoms with E-state index in [9.17, 15) is 14.9 Å². The summed E-state index contributed by atoms with van der Waals surface area (Å²) in [4.78, 5) is 24.9. The van der Waals surface area contributed by atoms with Crippen LogP contribution in [-0.4, -0.2) is 24.7 Å². The van der Waals surface area contributed by atoms with E-state index in [0.29, 0.717) is 27.2 Å². The van der Waals surface area contributed by atoms with Gasteiger partial charge < -0.3 is 19.4 Å². The normalized spacial score (nSPS) is 10.3. The minimum Gasteiger partial charge on any atom is -0.497 e. The highest BCUT2D eigenvalue weighted by molar-refractivity contribution is 9.10. The summed E-state index contributed by atoms with van der Waals surface area (Å²) in [6.45, 7) is 1.61. The van der Waals surface area contributed by atoms with E-state index in [1.807, 2.05) is 6.07 Å². The molecule has 0 atom stereocenters. The van der Waals surface area contributed by atoms with Gasteiger partial charge in [-0.05, 0) is 47.1 Å². The first-order valence-electron chi connectivity index (χ1n) is 7.67. The maximum atomic E-state index is 12.6. The molecule has 2 aromatic rings. The number of nitriles is 1. The summed E-state index contributed by atoms with van der Waals surface area (Å²) in [7, 11) is 3.04. The number of nitrogens with zero attached hydrogens (tertiary/aromatic N) is 2. The molecule has 1 aromatic heterocycles. The van der Waals surface area contributed by atoms with Crippen molar-refractivity contribution in [3.05, 3.63) is 55.9 Å². The topological polar surface area (TPSA) is 93.3 Å². The van der Waals surface area contributed by atoms with Crippen LogP contribution in [0.3, 0.4) is 0 Å². The average Bonchev–Trinajstić information content (AvgIpc) is 2.64. The zero-order valence-corrected chi connectivity index (χ0v) is 16.2. The molecule has 1 N–H and O–H groups in total. The molecule has 0 unspecified atom stereocenters. The molecule has 26 heavy (non-hydrogen) atoms. The van der Waals surface area contributed by atoms with E-state index in [0.717, 1.165) is 0 Å². The number of hydrogen-bond acceptors (Lipinski definition) is 5. The van der Waals surface area contributed by atoms with Gasteiger partial charge in [-0.1, -0.05) is 0 Å². The second kappa shape index (κ2) is 8.65. The van der Waals surface area contributed by atoms with Crippen molar-refractivity contribution in [2.75, 3.05) is 19.5 Å². The lowest BCUT2D eigenvalue weighted by molar-refractivity contribution is -0.116. The number of ether oxygens (including phenoxy) is 2. The Bertz CT molecular complexity index is 914. The first-order valence-corrected chi connectivity index (χ1v) is 8.47. The van der Waals surface area contributed by atoms with Gasteiger partial charge in [0.1, 0.15) is 23.9 Å². The fraction of sp³-hybridized carbons (Fsp3) is 0.278. The Morgan fingerprint density at radius 2 is 1.96 bits per heavy atom. The van der Waals surface area contributed by atoms with Crippen LogP contribution in [-0.2, 0) is 22.7 Å². The Morgan fingerprint density at radius 3 is 2.50 bits per heavy atom. The molecule has 136 valence electrons. The summed E-state index contributed by atoms with van der Waals surface area (Å²) in [5, 5.41) is 12.0. The number of nitrogens with one attached hydrogen (secondary N) is 1. The number of carbonyl (C=O) groups excluding carboxylic acids is 1. The zero-order chi connectivity index (χ0) is 19.3. The largest absolute Gasteiger partial charge is 0.497 e. The molecule has 2 rings (SSSR count). The fourth-order valence-corrected chi connectivity index (χ4v) is 2.99. The highest BCUT2D eigenvalue weighted by atomic mass is 79.9. The maximum absolute atomic E-state index is 12.6. The number of methoxy groups -OCH3 is 2.